The number of ether oxygens (including phenoxy) is 1. The molecule has 196 valence electrons. The minimum absolute atomic E-state index is 0.0158. The zero-order valence-electron chi connectivity index (χ0n) is 21.1. The summed E-state index contributed by atoms with van der Waals surface area (Å²) in [5, 5.41) is 3.57. The lowest BCUT2D eigenvalue weighted by Gasteiger charge is -2.32. The summed E-state index contributed by atoms with van der Waals surface area (Å²) in [5.41, 5.74) is 1.36. The van der Waals surface area contributed by atoms with Crippen LogP contribution in [0.3, 0.4) is 0 Å². The fourth-order valence-electron chi connectivity index (χ4n) is 4.23. The molecule has 1 saturated carbocycles. The molecule has 9 nitrogen and oxygen atoms in total. The maximum Gasteiger partial charge on any atom is 0.263 e. The summed E-state index contributed by atoms with van der Waals surface area (Å²) < 4.78 is 33.1. The molecule has 0 unspecified atom stereocenters. The van der Waals surface area contributed by atoms with Crippen LogP contribution in [-0.4, -0.2) is 61.6 Å². The Labute approximate surface area is 223 Å². The topological polar surface area (TPSA) is 109 Å². The molecule has 0 radical (unpaired) electrons. The Bertz CT molecular complexity index is 1330. The fraction of sp³-hybridized carbons (Fsp3) is 0.346. The Morgan fingerprint density at radius 1 is 1.05 bits per heavy atom. The van der Waals surface area contributed by atoms with E-state index >= 15 is 0 Å². The van der Waals surface area contributed by atoms with Gasteiger partial charge in [0, 0.05) is 35.6 Å². The highest BCUT2D eigenvalue weighted by atomic mass is 35.5. The minimum atomic E-state index is -3.85. The number of hydrogen-bond donors (Lipinski definition) is 2. The second kappa shape index (κ2) is 11.9. The van der Waals surface area contributed by atoms with Gasteiger partial charge in [-0.1, -0.05) is 35.9 Å². The third-order valence-electron chi connectivity index (χ3n) is 6.33. The smallest absolute Gasteiger partial charge is 0.263 e. The van der Waals surface area contributed by atoms with Gasteiger partial charge in [-0.25, -0.2) is 18.4 Å². The maximum atomic E-state index is 12.7. The van der Waals surface area contributed by atoms with Crippen LogP contribution in [0.25, 0.3) is 12.2 Å². The van der Waals surface area contributed by atoms with Gasteiger partial charge in [0.1, 0.15) is 0 Å². The molecule has 0 amide bonds. The van der Waals surface area contributed by atoms with Crippen LogP contribution in [0.15, 0.2) is 53.7 Å². The Hall–Kier alpha value is -3.21. The number of pyridine rings is 1. The monoisotopic (exact) mass is 542 g/mol. The van der Waals surface area contributed by atoms with Crippen LogP contribution in [0.1, 0.15) is 36.8 Å². The van der Waals surface area contributed by atoms with E-state index in [0.29, 0.717) is 23.6 Å². The summed E-state index contributed by atoms with van der Waals surface area (Å²) in [4.78, 5) is 15.6. The summed E-state index contributed by atoms with van der Waals surface area (Å²) in [6, 6.07) is 10.6. The fourth-order valence-corrected chi connectivity index (χ4v) is 5.54. The molecule has 1 aromatic carbocycles. The van der Waals surface area contributed by atoms with Crippen LogP contribution in [0.4, 0.5) is 11.8 Å². The molecular weight excluding hydrogens is 512 g/mol. The Balaban J connectivity index is 1.42. The molecule has 1 fully saturated rings. The Morgan fingerprint density at radius 3 is 2.35 bits per heavy atom. The third-order valence-corrected chi connectivity index (χ3v) is 7.98. The average molecular weight is 543 g/mol. The standard InChI is InChI=1S/C26H31ClN6O3S/c1-33(2)21-13-11-20(12-14-21)30-26-28-16-18(17-29-26)9-10-19-15-23(27)24(31-25(19)36-3)32-37(34,35)22-7-5-4-6-8-22/h4-10,15-17,20-21H,11-14H2,1-3H3,(H,31,32)(H,28,29,30)/b10-9+. The van der Waals surface area contributed by atoms with Gasteiger partial charge in [-0.3, -0.25) is 4.72 Å². The van der Waals surface area contributed by atoms with Crippen molar-refractivity contribution in [1.82, 2.24) is 19.9 Å². The molecule has 2 aromatic heterocycles. The molecule has 0 saturated heterocycles. The lowest BCUT2D eigenvalue weighted by molar-refractivity contribution is 0.221. The lowest BCUT2D eigenvalue weighted by Crippen LogP contribution is -2.36. The largest absolute Gasteiger partial charge is 0.481 e. The molecule has 11 heteroatoms. The highest BCUT2D eigenvalue weighted by Crippen LogP contribution is 2.30. The maximum absolute atomic E-state index is 12.7. The van der Waals surface area contributed by atoms with Crippen molar-refractivity contribution >= 4 is 45.5 Å². The Kier molecular flexibility index (Phi) is 8.63. The van der Waals surface area contributed by atoms with Gasteiger partial charge in [0.15, 0.2) is 5.82 Å². The van der Waals surface area contributed by atoms with Gasteiger partial charge in [0.05, 0.1) is 17.0 Å². The van der Waals surface area contributed by atoms with E-state index in [2.05, 4.69) is 44.0 Å². The van der Waals surface area contributed by atoms with Gasteiger partial charge < -0.3 is 15.0 Å². The molecular formula is C26H31ClN6O3S. The first-order valence-corrected chi connectivity index (χ1v) is 13.9. The molecule has 0 aliphatic heterocycles. The van der Waals surface area contributed by atoms with E-state index in [4.69, 9.17) is 16.3 Å². The van der Waals surface area contributed by atoms with Crippen LogP contribution in [0, 0.1) is 0 Å². The number of anilines is 2. The van der Waals surface area contributed by atoms with Gasteiger partial charge in [-0.15, -0.1) is 0 Å². The number of nitrogens with one attached hydrogen (secondary N) is 2. The summed E-state index contributed by atoms with van der Waals surface area (Å²) in [6.45, 7) is 0. The molecule has 0 bridgehead atoms. The molecule has 3 aromatic rings. The van der Waals surface area contributed by atoms with Crippen LogP contribution < -0.4 is 14.8 Å². The van der Waals surface area contributed by atoms with Crippen molar-refractivity contribution in [3.8, 4) is 5.88 Å². The number of sulfonamides is 1. The third kappa shape index (κ3) is 6.97. The number of rotatable bonds is 9. The lowest BCUT2D eigenvalue weighted by atomic mass is 9.91. The average Bonchev–Trinajstić information content (AvgIpc) is 2.90. The summed E-state index contributed by atoms with van der Waals surface area (Å²) in [6.07, 6.45) is 11.6. The van der Waals surface area contributed by atoms with Crippen molar-refractivity contribution in [2.75, 3.05) is 31.2 Å². The second-order valence-electron chi connectivity index (χ2n) is 9.12. The van der Waals surface area contributed by atoms with Crippen molar-refractivity contribution in [1.29, 1.82) is 0 Å². The van der Waals surface area contributed by atoms with Crippen molar-refractivity contribution < 1.29 is 13.2 Å². The van der Waals surface area contributed by atoms with E-state index in [1.54, 1.807) is 42.7 Å². The molecule has 1 aliphatic rings. The first kappa shape index (κ1) is 26.8. The predicted octanol–water partition coefficient (Wildman–Crippen LogP) is 4.79. The summed E-state index contributed by atoms with van der Waals surface area (Å²) in [5.74, 6) is 0.819. The summed E-state index contributed by atoms with van der Waals surface area (Å²) in [7, 11) is 1.88. The van der Waals surface area contributed by atoms with Crippen LogP contribution in [0.2, 0.25) is 5.02 Å². The highest BCUT2D eigenvalue weighted by Gasteiger charge is 2.23. The van der Waals surface area contributed by atoms with Crippen molar-refractivity contribution in [3.05, 3.63) is 64.9 Å². The number of nitrogens with zero attached hydrogens (tertiary/aromatic N) is 4. The van der Waals surface area contributed by atoms with Crippen LogP contribution in [-0.2, 0) is 10.0 Å². The molecule has 1 aliphatic carbocycles. The zero-order valence-corrected chi connectivity index (χ0v) is 22.6. The molecule has 37 heavy (non-hydrogen) atoms. The highest BCUT2D eigenvalue weighted by molar-refractivity contribution is 7.92. The van der Waals surface area contributed by atoms with Crippen LogP contribution in [0.5, 0.6) is 5.88 Å². The quantitative estimate of drug-likeness (QED) is 0.397. The molecule has 0 spiro atoms. The molecule has 0 atom stereocenters. The predicted molar refractivity (Wildman–Crippen MR) is 147 cm³/mol. The minimum Gasteiger partial charge on any atom is -0.481 e. The van der Waals surface area contributed by atoms with Gasteiger partial charge in [-0.05, 0) is 64.1 Å². The number of aromatic nitrogens is 3. The normalized spacial score (nSPS) is 18.2. The van der Waals surface area contributed by atoms with E-state index < -0.39 is 10.0 Å². The van der Waals surface area contributed by atoms with Crippen molar-refractivity contribution in [2.45, 2.75) is 42.7 Å². The van der Waals surface area contributed by atoms with Gasteiger partial charge >= 0.3 is 0 Å². The number of benzene rings is 1. The van der Waals surface area contributed by atoms with E-state index in [0.717, 1.165) is 31.2 Å². The molecule has 2 heterocycles. The number of halogens is 1. The SMILES string of the molecule is COc1nc(NS(=O)(=O)c2ccccc2)c(Cl)cc1/C=C/c1cnc(NC2CCC(N(C)C)CC2)nc1. The van der Waals surface area contributed by atoms with Gasteiger partial charge in [-0.2, -0.15) is 4.98 Å². The zero-order chi connectivity index (χ0) is 26.4. The summed E-state index contributed by atoms with van der Waals surface area (Å²) >= 11 is 6.36. The van der Waals surface area contributed by atoms with Gasteiger partial charge in [0.2, 0.25) is 11.8 Å². The van der Waals surface area contributed by atoms with E-state index in [1.165, 1.54) is 19.2 Å². The van der Waals surface area contributed by atoms with Crippen LogP contribution >= 0.6 is 11.6 Å². The van der Waals surface area contributed by atoms with Crippen molar-refractivity contribution in [3.63, 3.8) is 0 Å². The van der Waals surface area contributed by atoms with E-state index in [1.807, 2.05) is 6.08 Å². The van der Waals surface area contributed by atoms with E-state index in [-0.39, 0.29) is 21.6 Å². The first-order valence-electron chi connectivity index (χ1n) is 12.0. The number of hydrogen-bond acceptors (Lipinski definition) is 8. The second-order valence-corrected chi connectivity index (χ2v) is 11.2. The van der Waals surface area contributed by atoms with Gasteiger partial charge in [0.25, 0.3) is 10.0 Å². The Morgan fingerprint density at radius 2 is 1.73 bits per heavy atom. The molecule has 2 N–H and O–H groups in total. The van der Waals surface area contributed by atoms with Crippen molar-refractivity contribution in [2.24, 2.45) is 0 Å². The number of methoxy groups -OCH3 is 1. The van der Waals surface area contributed by atoms with E-state index in [9.17, 15) is 8.42 Å². The molecule has 4 rings (SSSR count). The first-order chi connectivity index (χ1) is 17.7.